The zero-order chi connectivity index (χ0) is 19.4. The summed E-state index contributed by atoms with van der Waals surface area (Å²) in [5.41, 5.74) is 1.80. The lowest BCUT2D eigenvalue weighted by molar-refractivity contribution is -0.128. The normalized spacial score (nSPS) is 18.7. The minimum atomic E-state index is -3.09. The highest BCUT2D eigenvalue weighted by Crippen LogP contribution is 2.22. The summed E-state index contributed by atoms with van der Waals surface area (Å²) in [6.07, 6.45) is 3.68. The lowest BCUT2D eigenvalue weighted by Crippen LogP contribution is -2.39. The largest absolute Gasteiger partial charge is 0.331 e. The average molecular weight is 469 g/mol. The lowest BCUT2D eigenvalue weighted by atomic mass is 10.1. The Kier molecular flexibility index (Phi) is 6.40. The average Bonchev–Trinajstić information content (AvgIpc) is 2.98. The van der Waals surface area contributed by atoms with Crippen LogP contribution in [0.15, 0.2) is 59.1 Å². The second kappa shape index (κ2) is 8.59. The molecular weight excluding hydrogens is 450 g/mol. The Morgan fingerprint density at radius 2 is 1.96 bits per heavy atom. The molecule has 0 bridgehead atoms. The van der Waals surface area contributed by atoms with Gasteiger partial charge < -0.3 is 4.90 Å². The fraction of sp³-hybridized carbons (Fsp3) is 0.250. The predicted molar refractivity (Wildman–Crippen MR) is 112 cm³/mol. The molecule has 1 heterocycles. The number of benzene rings is 2. The van der Waals surface area contributed by atoms with E-state index >= 15 is 0 Å². The first-order valence-electron chi connectivity index (χ1n) is 8.51. The van der Waals surface area contributed by atoms with Crippen LogP contribution in [0.3, 0.4) is 0 Å². The van der Waals surface area contributed by atoms with E-state index in [-0.39, 0.29) is 23.5 Å². The summed E-state index contributed by atoms with van der Waals surface area (Å²) < 4.78 is 24.7. The third-order valence-electron chi connectivity index (χ3n) is 4.46. The standard InChI is InChI=1S/C20H19BrClNO3S/c21-17-3-1-2-16(12-17)13-23(19-10-11-27(25,26)14-19)20(24)9-6-15-4-7-18(22)8-5-15/h1-9,12,19H,10-11,13-14H2/b9-6+/t19-/m0/s1. The SMILES string of the molecule is O=C(/C=C/c1ccc(Cl)cc1)N(Cc1cccc(Br)c1)[C@H]1CCS(=O)(=O)C1. The molecule has 0 aromatic heterocycles. The number of amides is 1. The van der Waals surface area contributed by atoms with Crippen molar-refractivity contribution in [2.45, 2.75) is 19.0 Å². The summed E-state index contributed by atoms with van der Waals surface area (Å²) in [5.74, 6) is -0.0606. The molecule has 7 heteroatoms. The van der Waals surface area contributed by atoms with Gasteiger partial charge in [0.25, 0.3) is 0 Å². The number of carbonyl (C=O) groups excluding carboxylic acids is 1. The number of rotatable bonds is 5. The molecule has 1 aliphatic heterocycles. The van der Waals surface area contributed by atoms with Crippen molar-refractivity contribution in [3.8, 4) is 0 Å². The van der Waals surface area contributed by atoms with Gasteiger partial charge in [-0.1, -0.05) is 51.8 Å². The van der Waals surface area contributed by atoms with E-state index in [1.807, 2.05) is 36.4 Å². The number of sulfone groups is 1. The van der Waals surface area contributed by atoms with Gasteiger partial charge in [-0.05, 0) is 47.9 Å². The van der Waals surface area contributed by atoms with Crippen LogP contribution in [0.4, 0.5) is 0 Å². The number of nitrogens with zero attached hydrogens (tertiary/aromatic N) is 1. The summed E-state index contributed by atoms with van der Waals surface area (Å²) in [4.78, 5) is 14.5. The molecule has 1 aliphatic rings. The second-order valence-electron chi connectivity index (χ2n) is 6.54. The van der Waals surface area contributed by atoms with Crippen molar-refractivity contribution >= 4 is 49.4 Å². The summed E-state index contributed by atoms with van der Waals surface area (Å²) in [6, 6.07) is 14.5. The topological polar surface area (TPSA) is 54.5 Å². The van der Waals surface area contributed by atoms with Gasteiger partial charge in [0.2, 0.25) is 5.91 Å². The highest BCUT2D eigenvalue weighted by Gasteiger charge is 2.34. The van der Waals surface area contributed by atoms with E-state index in [4.69, 9.17) is 11.6 Å². The van der Waals surface area contributed by atoms with Crippen molar-refractivity contribution in [3.05, 3.63) is 75.2 Å². The molecule has 0 radical (unpaired) electrons. The summed E-state index contributed by atoms with van der Waals surface area (Å²) in [5, 5.41) is 0.630. The number of carbonyl (C=O) groups is 1. The van der Waals surface area contributed by atoms with E-state index in [1.54, 1.807) is 23.1 Å². The van der Waals surface area contributed by atoms with Crippen LogP contribution in [0, 0.1) is 0 Å². The quantitative estimate of drug-likeness (QED) is 0.614. The maximum Gasteiger partial charge on any atom is 0.247 e. The maximum absolute atomic E-state index is 12.9. The molecule has 2 aromatic rings. The van der Waals surface area contributed by atoms with Gasteiger partial charge in [-0.3, -0.25) is 4.79 Å². The molecule has 27 heavy (non-hydrogen) atoms. The molecule has 0 N–H and O–H groups in total. The zero-order valence-corrected chi connectivity index (χ0v) is 17.7. The lowest BCUT2D eigenvalue weighted by Gasteiger charge is -2.27. The van der Waals surface area contributed by atoms with Crippen molar-refractivity contribution in [3.63, 3.8) is 0 Å². The summed E-state index contributed by atoms with van der Waals surface area (Å²) >= 11 is 9.31. The van der Waals surface area contributed by atoms with Crippen LogP contribution >= 0.6 is 27.5 Å². The molecular formula is C20H19BrClNO3S. The minimum Gasteiger partial charge on any atom is -0.331 e. The monoisotopic (exact) mass is 467 g/mol. The molecule has 1 atom stereocenters. The van der Waals surface area contributed by atoms with E-state index in [9.17, 15) is 13.2 Å². The van der Waals surface area contributed by atoms with Gasteiger partial charge >= 0.3 is 0 Å². The van der Waals surface area contributed by atoms with Gasteiger partial charge in [0.05, 0.1) is 11.5 Å². The Morgan fingerprint density at radius 1 is 1.22 bits per heavy atom. The smallest absolute Gasteiger partial charge is 0.247 e. The van der Waals surface area contributed by atoms with E-state index in [1.165, 1.54) is 6.08 Å². The first-order chi connectivity index (χ1) is 12.8. The van der Waals surface area contributed by atoms with Crippen LogP contribution in [-0.2, 0) is 21.2 Å². The molecule has 4 nitrogen and oxygen atoms in total. The van der Waals surface area contributed by atoms with E-state index in [2.05, 4.69) is 15.9 Å². The van der Waals surface area contributed by atoms with Crippen LogP contribution in [-0.4, -0.2) is 36.8 Å². The van der Waals surface area contributed by atoms with Crippen LogP contribution in [0.1, 0.15) is 17.5 Å². The van der Waals surface area contributed by atoms with Crippen LogP contribution in [0.25, 0.3) is 6.08 Å². The highest BCUT2D eigenvalue weighted by molar-refractivity contribution is 9.10. The number of halogens is 2. The van der Waals surface area contributed by atoms with Crippen molar-refractivity contribution in [2.75, 3.05) is 11.5 Å². The van der Waals surface area contributed by atoms with Crippen LogP contribution < -0.4 is 0 Å². The summed E-state index contributed by atoms with van der Waals surface area (Å²) in [7, 11) is -3.09. The molecule has 0 saturated carbocycles. The van der Waals surface area contributed by atoms with Crippen molar-refractivity contribution in [1.82, 2.24) is 4.90 Å². The van der Waals surface area contributed by atoms with Crippen LogP contribution in [0.5, 0.6) is 0 Å². The second-order valence-corrected chi connectivity index (χ2v) is 10.1. The number of hydrogen-bond acceptors (Lipinski definition) is 3. The highest BCUT2D eigenvalue weighted by atomic mass is 79.9. The molecule has 142 valence electrons. The van der Waals surface area contributed by atoms with Crippen molar-refractivity contribution in [1.29, 1.82) is 0 Å². The molecule has 1 fully saturated rings. The minimum absolute atomic E-state index is 0.0154. The van der Waals surface area contributed by atoms with E-state index in [0.717, 1.165) is 15.6 Å². The maximum atomic E-state index is 12.9. The molecule has 0 spiro atoms. The molecule has 1 saturated heterocycles. The van der Waals surface area contributed by atoms with Gasteiger partial charge in [0.15, 0.2) is 9.84 Å². The Hall–Kier alpha value is -1.63. The van der Waals surface area contributed by atoms with Gasteiger partial charge in [0, 0.05) is 28.2 Å². The third kappa shape index (κ3) is 5.67. The van der Waals surface area contributed by atoms with E-state index < -0.39 is 9.84 Å². The Labute approximate surface area is 172 Å². The van der Waals surface area contributed by atoms with Crippen molar-refractivity contribution < 1.29 is 13.2 Å². The molecule has 3 rings (SSSR count). The Morgan fingerprint density at radius 3 is 2.59 bits per heavy atom. The molecule has 1 amide bonds. The molecule has 2 aromatic carbocycles. The summed E-state index contributed by atoms with van der Waals surface area (Å²) in [6.45, 7) is 0.365. The fourth-order valence-corrected chi connectivity index (χ4v) is 5.38. The molecule has 0 unspecified atom stereocenters. The fourth-order valence-electron chi connectivity index (χ4n) is 3.08. The first-order valence-corrected chi connectivity index (χ1v) is 11.5. The third-order valence-corrected chi connectivity index (χ3v) is 6.96. The van der Waals surface area contributed by atoms with Gasteiger partial charge in [-0.2, -0.15) is 0 Å². The van der Waals surface area contributed by atoms with Crippen molar-refractivity contribution in [2.24, 2.45) is 0 Å². The van der Waals surface area contributed by atoms with Gasteiger partial charge in [-0.25, -0.2) is 8.42 Å². The van der Waals surface area contributed by atoms with Gasteiger partial charge in [-0.15, -0.1) is 0 Å². The predicted octanol–water partition coefficient (Wildman–Crippen LogP) is 4.33. The zero-order valence-electron chi connectivity index (χ0n) is 14.5. The van der Waals surface area contributed by atoms with Gasteiger partial charge in [0.1, 0.15) is 0 Å². The first kappa shape index (κ1) is 20.1. The Bertz CT molecular complexity index is 957. The van der Waals surface area contributed by atoms with E-state index in [0.29, 0.717) is 18.0 Å². The number of hydrogen-bond donors (Lipinski definition) is 0. The molecule has 0 aliphatic carbocycles. The van der Waals surface area contributed by atoms with Crippen LogP contribution in [0.2, 0.25) is 5.02 Å². The Balaban J connectivity index is 1.81.